The van der Waals surface area contributed by atoms with Crippen LogP contribution >= 0.6 is 0 Å². The van der Waals surface area contributed by atoms with Gasteiger partial charge in [-0.3, -0.25) is 4.57 Å². The number of hydrogen-bond donors (Lipinski definition) is 0. The lowest BCUT2D eigenvalue weighted by Gasteiger charge is -2.26. The van der Waals surface area contributed by atoms with Crippen molar-refractivity contribution in [3.63, 3.8) is 0 Å². The number of aromatic nitrogens is 1. The van der Waals surface area contributed by atoms with Gasteiger partial charge in [-0.2, -0.15) is 0 Å². The van der Waals surface area contributed by atoms with Crippen molar-refractivity contribution < 1.29 is 8.83 Å². The van der Waals surface area contributed by atoms with Crippen LogP contribution in [0.1, 0.15) is 0 Å². The van der Waals surface area contributed by atoms with Gasteiger partial charge in [0.2, 0.25) is 5.71 Å². The molecule has 0 unspecified atom stereocenters. The number of nitrogens with zero attached hydrogens (tertiary/aromatic N) is 2. The highest BCUT2D eigenvalue weighted by atomic mass is 16.3. The molecule has 9 aromatic carbocycles. The highest BCUT2D eigenvalue weighted by molar-refractivity contribution is 6.20. The summed E-state index contributed by atoms with van der Waals surface area (Å²) >= 11 is 0. The fourth-order valence-corrected chi connectivity index (χ4v) is 8.95. The summed E-state index contributed by atoms with van der Waals surface area (Å²) in [5.41, 5.74) is 15.8. The molecule has 0 spiro atoms. The zero-order valence-electron chi connectivity index (χ0n) is 32.5. The van der Waals surface area contributed by atoms with E-state index in [-0.39, 0.29) is 0 Å². The molecule has 0 radical (unpaired) electrons. The van der Waals surface area contributed by atoms with E-state index in [0.717, 1.165) is 94.5 Å². The molecule has 0 saturated heterocycles. The second-order valence-electron chi connectivity index (χ2n) is 15.3. The van der Waals surface area contributed by atoms with Gasteiger partial charge in [0.1, 0.15) is 16.7 Å². The number of furan rings is 2. The predicted molar refractivity (Wildman–Crippen MR) is 249 cm³/mol. The quantitative estimate of drug-likeness (QED) is 0.162. The Labute approximate surface area is 346 Å². The summed E-state index contributed by atoms with van der Waals surface area (Å²) in [6, 6.07) is 77.3. The van der Waals surface area contributed by atoms with Gasteiger partial charge in [0.15, 0.2) is 0 Å². The van der Waals surface area contributed by atoms with Gasteiger partial charge in [0, 0.05) is 49.9 Å². The minimum atomic E-state index is 0.860. The maximum absolute atomic E-state index is 6.62. The fourth-order valence-electron chi connectivity index (χ4n) is 8.95. The van der Waals surface area contributed by atoms with Gasteiger partial charge in [0.05, 0.1) is 10.9 Å². The molecule has 0 amide bonds. The molecular weight excluding hydrogens is 733 g/mol. The van der Waals surface area contributed by atoms with Gasteiger partial charge in [-0.05, 0) is 101 Å². The molecular formula is C56H36N2O2. The monoisotopic (exact) mass is 768 g/mol. The number of fused-ring (bicyclic) bond motifs is 8. The van der Waals surface area contributed by atoms with E-state index in [1.807, 2.05) is 18.2 Å². The van der Waals surface area contributed by atoms with Gasteiger partial charge < -0.3 is 13.7 Å². The van der Waals surface area contributed by atoms with Crippen molar-refractivity contribution >= 4 is 72.0 Å². The molecule has 0 bridgehead atoms. The number of hydrogen-bond acceptors (Lipinski definition) is 3. The molecule has 12 aromatic rings. The molecule has 12 rings (SSSR count). The molecule has 4 heteroatoms. The number of anilines is 3. The Morgan fingerprint density at radius 1 is 0.350 bits per heavy atom. The van der Waals surface area contributed by atoms with Crippen LogP contribution in [0, 0.1) is 0 Å². The van der Waals surface area contributed by atoms with Crippen LogP contribution < -0.4 is 4.90 Å². The SMILES string of the molecule is c1ccc(-c2ccc(N(c3ccc(-c4ccc5oc6c(c5c4)c4ccccc4n6-c4ccccc4)cc3)c3ccc(-c4cccc5c4oc4ccccc45)cc3)cc2)cc1. The highest BCUT2D eigenvalue weighted by Gasteiger charge is 2.20. The molecule has 0 saturated carbocycles. The smallest absolute Gasteiger partial charge is 0.213 e. The summed E-state index contributed by atoms with van der Waals surface area (Å²) in [7, 11) is 0. The fraction of sp³-hybridized carbons (Fsp3) is 0. The molecule has 0 aliphatic rings. The Morgan fingerprint density at radius 2 is 0.883 bits per heavy atom. The van der Waals surface area contributed by atoms with Gasteiger partial charge in [0.25, 0.3) is 0 Å². The van der Waals surface area contributed by atoms with E-state index in [4.69, 9.17) is 8.83 Å². The van der Waals surface area contributed by atoms with Crippen molar-refractivity contribution in [3.05, 3.63) is 218 Å². The van der Waals surface area contributed by atoms with Gasteiger partial charge in [-0.25, -0.2) is 0 Å². The van der Waals surface area contributed by atoms with Crippen LogP contribution in [-0.2, 0) is 0 Å². The third-order valence-corrected chi connectivity index (χ3v) is 11.8. The lowest BCUT2D eigenvalue weighted by molar-refractivity contribution is 0.645. The van der Waals surface area contributed by atoms with Crippen molar-refractivity contribution in [1.29, 1.82) is 0 Å². The van der Waals surface area contributed by atoms with Crippen LogP contribution in [0.15, 0.2) is 227 Å². The molecule has 3 heterocycles. The van der Waals surface area contributed by atoms with Crippen molar-refractivity contribution in [1.82, 2.24) is 4.57 Å². The van der Waals surface area contributed by atoms with E-state index in [1.54, 1.807) is 0 Å². The van der Waals surface area contributed by atoms with Crippen molar-refractivity contribution in [2.75, 3.05) is 4.90 Å². The van der Waals surface area contributed by atoms with E-state index in [0.29, 0.717) is 0 Å². The molecule has 0 aliphatic heterocycles. The maximum Gasteiger partial charge on any atom is 0.213 e. The third-order valence-electron chi connectivity index (χ3n) is 11.8. The first-order valence-electron chi connectivity index (χ1n) is 20.3. The second kappa shape index (κ2) is 13.8. The van der Waals surface area contributed by atoms with Gasteiger partial charge in [-0.1, -0.05) is 146 Å². The van der Waals surface area contributed by atoms with E-state index < -0.39 is 0 Å². The first-order chi connectivity index (χ1) is 29.7. The van der Waals surface area contributed by atoms with Crippen molar-refractivity contribution in [3.8, 4) is 39.1 Å². The van der Waals surface area contributed by atoms with Crippen LogP contribution in [-0.4, -0.2) is 4.57 Å². The normalized spacial score (nSPS) is 11.7. The Bertz CT molecular complexity index is 3500. The Morgan fingerprint density at radius 3 is 1.60 bits per heavy atom. The van der Waals surface area contributed by atoms with Crippen molar-refractivity contribution in [2.24, 2.45) is 0 Å². The summed E-state index contributed by atoms with van der Waals surface area (Å²) in [5.74, 6) is 0. The zero-order chi connectivity index (χ0) is 39.6. The van der Waals surface area contributed by atoms with E-state index in [2.05, 4.69) is 210 Å². The van der Waals surface area contributed by atoms with Crippen LogP contribution in [0.25, 0.3) is 94.0 Å². The Balaban J connectivity index is 0.937. The molecule has 0 aliphatic carbocycles. The van der Waals surface area contributed by atoms with Gasteiger partial charge >= 0.3 is 0 Å². The number of para-hydroxylation sites is 4. The second-order valence-corrected chi connectivity index (χ2v) is 15.3. The molecule has 282 valence electrons. The maximum atomic E-state index is 6.62. The topological polar surface area (TPSA) is 34.5 Å². The zero-order valence-corrected chi connectivity index (χ0v) is 32.5. The van der Waals surface area contributed by atoms with E-state index in [9.17, 15) is 0 Å². The number of rotatable bonds is 7. The van der Waals surface area contributed by atoms with E-state index in [1.165, 1.54) is 16.5 Å². The average molecular weight is 769 g/mol. The minimum absolute atomic E-state index is 0.860. The summed E-state index contributed by atoms with van der Waals surface area (Å²) in [4.78, 5) is 2.32. The summed E-state index contributed by atoms with van der Waals surface area (Å²) < 4.78 is 15.3. The highest BCUT2D eigenvalue weighted by Crippen LogP contribution is 2.43. The third kappa shape index (κ3) is 5.53. The minimum Gasteiger partial charge on any atom is -0.455 e. The first-order valence-corrected chi connectivity index (χ1v) is 20.3. The molecule has 4 nitrogen and oxygen atoms in total. The first kappa shape index (κ1) is 34.0. The molecule has 0 fully saturated rings. The molecule has 60 heavy (non-hydrogen) atoms. The lowest BCUT2D eigenvalue weighted by Crippen LogP contribution is -2.09. The van der Waals surface area contributed by atoms with Crippen LogP contribution in [0.4, 0.5) is 17.1 Å². The number of benzene rings is 9. The van der Waals surface area contributed by atoms with Crippen molar-refractivity contribution in [2.45, 2.75) is 0 Å². The summed E-state index contributed by atoms with van der Waals surface area (Å²) in [5, 5.41) is 5.68. The van der Waals surface area contributed by atoms with Crippen LogP contribution in [0.5, 0.6) is 0 Å². The van der Waals surface area contributed by atoms with Crippen LogP contribution in [0.2, 0.25) is 0 Å². The Hall–Kier alpha value is -8.08. The standard InChI is InChI=1S/C56H36N2O2/c1-3-12-37(13-4-1)38-22-29-43(30-23-38)57(45-33-26-40(27-34-45)46-18-11-19-48-47-16-8-10-21-52(47)59-55(46)48)44-31-24-39(25-32-44)41-28-35-53-50(36-41)54-49-17-7-9-20-51(49)58(56(54)60-53)42-14-5-2-6-15-42/h1-36H. The van der Waals surface area contributed by atoms with E-state index >= 15 is 0 Å². The van der Waals surface area contributed by atoms with Gasteiger partial charge in [-0.15, -0.1) is 0 Å². The largest absolute Gasteiger partial charge is 0.455 e. The molecule has 0 atom stereocenters. The predicted octanol–water partition coefficient (Wildman–Crippen LogP) is 15.9. The summed E-state index contributed by atoms with van der Waals surface area (Å²) in [6.45, 7) is 0. The molecule has 0 N–H and O–H groups in total. The summed E-state index contributed by atoms with van der Waals surface area (Å²) in [6.07, 6.45) is 0. The Kier molecular flexibility index (Phi) is 7.82. The average Bonchev–Trinajstić information content (AvgIpc) is 3.99. The van der Waals surface area contributed by atoms with Crippen LogP contribution in [0.3, 0.4) is 0 Å². The molecule has 3 aromatic heterocycles. The lowest BCUT2D eigenvalue weighted by atomic mass is 10.0.